The number of nitrogens with one attached hydrogen (secondary N) is 2. The van der Waals surface area contributed by atoms with Gasteiger partial charge < -0.3 is 21.3 Å². The van der Waals surface area contributed by atoms with Crippen molar-refractivity contribution in [3.63, 3.8) is 0 Å². The number of nitrogen functional groups attached to an aromatic ring is 1. The van der Waals surface area contributed by atoms with Gasteiger partial charge in [-0.2, -0.15) is 0 Å². The highest BCUT2D eigenvalue weighted by Crippen LogP contribution is 2.29. The Morgan fingerprint density at radius 2 is 2.11 bits per heavy atom. The van der Waals surface area contributed by atoms with Gasteiger partial charge >= 0.3 is 0 Å². The Balaban J connectivity index is 1.60. The number of fused-ring (bicyclic) bond motifs is 1. The molecule has 0 unspecified atom stereocenters. The summed E-state index contributed by atoms with van der Waals surface area (Å²) in [6.45, 7) is 1.80. The molecule has 1 aliphatic rings. The molecule has 3 aromatic heterocycles. The van der Waals surface area contributed by atoms with Crippen LogP contribution >= 0.6 is 11.6 Å². The summed E-state index contributed by atoms with van der Waals surface area (Å²) < 4.78 is 1.40. The van der Waals surface area contributed by atoms with Crippen molar-refractivity contribution in [2.45, 2.75) is 18.9 Å². The highest BCUT2D eigenvalue weighted by Gasteiger charge is 2.23. The summed E-state index contributed by atoms with van der Waals surface area (Å²) in [5, 5.41) is 10.8. The summed E-state index contributed by atoms with van der Waals surface area (Å²) in [5.74, 6) is -0.297. The number of anilines is 3. The lowest BCUT2D eigenvalue weighted by Crippen LogP contribution is -2.41. The van der Waals surface area contributed by atoms with Gasteiger partial charge in [0.1, 0.15) is 5.56 Å². The minimum Gasteiger partial charge on any atom is -0.381 e. The Labute approximate surface area is 166 Å². The number of amides is 1. The Hall–Kier alpha value is -2.91. The standard InChI is InChI=1S/C18H21ClN8O/c1-21-12-3-6-26(7-4-12)14-2-5-22-9-13(14)24-18(28)15-16(20)25-27-10-11(19)8-23-17(15)27/h2,5,8-10,12,21H,3-4,6-7H2,1H3,(H2,20,25)(H,24,28). The Kier molecular flexibility index (Phi) is 5.01. The van der Waals surface area contributed by atoms with Crippen LogP contribution in [0.5, 0.6) is 0 Å². The molecule has 1 aliphatic heterocycles. The van der Waals surface area contributed by atoms with E-state index in [1.165, 1.54) is 10.7 Å². The summed E-state index contributed by atoms with van der Waals surface area (Å²) in [7, 11) is 1.99. The van der Waals surface area contributed by atoms with Crippen molar-refractivity contribution in [2.24, 2.45) is 0 Å². The molecule has 0 atom stereocenters. The van der Waals surface area contributed by atoms with E-state index < -0.39 is 0 Å². The largest absolute Gasteiger partial charge is 0.381 e. The third-order valence-electron chi connectivity index (χ3n) is 4.99. The van der Waals surface area contributed by atoms with Crippen LogP contribution in [0.15, 0.2) is 30.9 Å². The number of piperidine rings is 1. The fourth-order valence-electron chi connectivity index (χ4n) is 3.50. The number of pyridine rings is 1. The molecule has 4 heterocycles. The zero-order valence-corrected chi connectivity index (χ0v) is 16.1. The molecule has 146 valence electrons. The number of halogens is 1. The molecule has 1 amide bonds. The second-order valence-corrected chi connectivity index (χ2v) is 7.13. The predicted octanol–water partition coefficient (Wildman–Crippen LogP) is 1.80. The lowest BCUT2D eigenvalue weighted by atomic mass is 10.0. The number of rotatable bonds is 4. The third-order valence-corrected chi connectivity index (χ3v) is 5.18. The van der Waals surface area contributed by atoms with Gasteiger partial charge in [0.15, 0.2) is 11.5 Å². The highest BCUT2D eigenvalue weighted by atomic mass is 35.5. The molecule has 1 saturated heterocycles. The fourth-order valence-corrected chi connectivity index (χ4v) is 3.64. The molecular weight excluding hydrogens is 380 g/mol. The first kappa shape index (κ1) is 18.5. The molecule has 0 spiro atoms. The van der Waals surface area contributed by atoms with Crippen molar-refractivity contribution >= 4 is 40.3 Å². The topological polar surface area (TPSA) is 113 Å². The zero-order valence-electron chi connectivity index (χ0n) is 15.4. The van der Waals surface area contributed by atoms with Gasteiger partial charge in [-0.25, -0.2) is 9.50 Å². The van der Waals surface area contributed by atoms with Gasteiger partial charge in [-0.15, -0.1) is 5.10 Å². The highest BCUT2D eigenvalue weighted by molar-refractivity contribution is 6.30. The van der Waals surface area contributed by atoms with Crippen LogP contribution < -0.4 is 21.3 Å². The lowest BCUT2D eigenvalue weighted by molar-refractivity contribution is 0.102. The summed E-state index contributed by atoms with van der Waals surface area (Å²) in [4.78, 5) is 23.6. The van der Waals surface area contributed by atoms with Crippen LogP contribution in [-0.2, 0) is 0 Å². The quantitative estimate of drug-likeness (QED) is 0.611. The molecule has 4 rings (SSSR count). The monoisotopic (exact) mass is 400 g/mol. The number of carbonyl (C=O) groups excluding carboxylic acids is 1. The second kappa shape index (κ2) is 7.61. The van der Waals surface area contributed by atoms with Gasteiger partial charge in [0.2, 0.25) is 0 Å². The van der Waals surface area contributed by atoms with E-state index in [2.05, 4.69) is 30.6 Å². The van der Waals surface area contributed by atoms with E-state index in [4.69, 9.17) is 17.3 Å². The number of carbonyl (C=O) groups is 1. The van der Waals surface area contributed by atoms with Crippen LogP contribution in [0.1, 0.15) is 23.2 Å². The first-order chi connectivity index (χ1) is 13.6. The average Bonchev–Trinajstić information content (AvgIpc) is 3.03. The first-order valence-electron chi connectivity index (χ1n) is 9.03. The molecule has 0 radical (unpaired) electrons. The van der Waals surface area contributed by atoms with Crippen LogP contribution in [-0.4, -0.2) is 51.7 Å². The smallest absolute Gasteiger partial charge is 0.263 e. The second-order valence-electron chi connectivity index (χ2n) is 6.70. The van der Waals surface area contributed by atoms with E-state index in [1.807, 2.05) is 13.1 Å². The van der Waals surface area contributed by atoms with E-state index in [9.17, 15) is 4.79 Å². The molecule has 1 fully saturated rings. The average molecular weight is 401 g/mol. The summed E-state index contributed by atoms with van der Waals surface area (Å²) in [6, 6.07) is 2.43. The minimum absolute atomic E-state index is 0.0903. The summed E-state index contributed by atoms with van der Waals surface area (Å²) in [5.41, 5.74) is 8.08. The Morgan fingerprint density at radius 1 is 1.32 bits per heavy atom. The van der Waals surface area contributed by atoms with Crippen molar-refractivity contribution in [1.29, 1.82) is 0 Å². The molecule has 10 heteroatoms. The molecule has 0 saturated carbocycles. The van der Waals surface area contributed by atoms with Crippen molar-refractivity contribution in [3.05, 3.63) is 41.4 Å². The van der Waals surface area contributed by atoms with Gasteiger partial charge in [-0.1, -0.05) is 11.6 Å². The van der Waals surface area contributed by atoms with Gasteiger partial charge in [0, 0.05) is 31.5 Å². The third kappa shape index (κ3) is 3.46. The number of hydrogen-bond donors (Lipinski definition) is 3. The predicted molar refractivity (Wildman–Crippen MR) is 109 cm³/mol. The number of aromatic nitrogens is 4. The first-order valence-corrected chi connectivity index (χ1v) is 9.41. The maximum Gasteiger partial charge on any atom is 0.263 e. The number of nitrogens with zero attached hydrogens (tertiary/aromatic N) is 5. The lowest BCUT2D eigenvalue weighted by Gasteiger charge is -2.34. The molecule has 0 aliphatic carbocycles. The number of nitrogens with two attached hydrogens (primary N) is 1. The van der Waals surface area contributed by atoms with Crippen LogP contribution in [0.2, 0.25) is 5.02 Å². The van der Waals surface area contributed by atoms with Crippen molar-refractivity contribution < 1.29 is 4.79 Å². The molecular formula is C18H21ClN8O. The van der Waals surface area contributed by atoms with E-state index in [-0.39, 0.29) is 17.3 Å². The van der Waals surface area contributed by atoms with Gasteiger partial charge in [0.25, 0.3) is 5.91 Å². The van der Waals surface area contributed by atoms with Crippen molar-refractivity contribution in [3.8, 4) is 0 Å². The fraction of sp³-hybridized carbons (Fsp3) is 0.333. The molecule has 3 aromatic rings. The molecule has 0 aromatic carbocycles. The normalized spacial score (nSPS) is 15.1. The Morgan fingerprint density at radius 3 is 2.86 bits per heavy atom. The van der Waals surface area contributed by atoms with E-state index in [1.54, 1.807) is 18.6 Å². The Bertz CT molecular complexity index is 1010. The molecule has 9 nitrogen and oxygen atoms in total. The molecule has 0 bridgehead atoms. The van der Waals surface area contributed by atoms with Gasteiger partial charge in [0.05, 0.1) is 28.8 Å². The van der Waals surface area contributed by atoms with Crippen LogP contribution in [0.25, 0.3) is 5.65 Å². The molecule has 28 heavy (non-hydrogen) atoms. The zero-order chi connectivity index (χ0) is 19.7. The van der Waals surface area contributed by atoms with Gasteiger partial charge in [-0.05, 0) is 26.0 Å². The maximum absolute atomic E-state index is 13.0. The molecule has 4 N–H and O–H groups in total. The van der Waals surface area contributed by atoms with E-state index in [0.717, 1.165) is 31.6 Å². The van der Waals surface area contributed by atoms with Crippen molar-refractivity contribution in [1.82, 2.24) is 24.9 Å². The van der Waals surface area contributed by atoms with Crippen LogP contribution in [0.3, 0.4) is 0 Å². The van der Waals surface area contributed by atoms with Crippen LogP contribution in [0, 0.1) is 0 Å². The van der Waals surface area contributed by atoms with Gasteiger partial charge in [-0.3, -0.25) is 9.78 Å². The van der Waals surface area contributed by atoms with E-state index in [0.29, 0.717) is 22.4 Å². The van der Waals surface area contributed by atoms with Crippen molar-refractivity contribution in [2.75, 3.05) is 36.1 Å². The van der Waals surface area contributed by atoms with E-state index >= 15 is 0 Å². The summed E-state index contributed by atoms with van der Waals surface area (Å²) in [6.07, 6.45) is 8.45. The number of hydrogen-bond acceptors (Lipinski definition) is 7. The minimum atomic E-state index is -0.387. The van der Waals surface area contributed by atoms with Crippen LogP contribution in [0.4, 0.5) is 17.2 Å². The SMILES string of the molecule is CNC1CCN(c2ccncc2NC(=O)c2c(N)nn3cc(Cl)cnc23)CC1. The summed E-state index contributed by atoms with van der Waals surface area (Å²) >= 11 is 5.93. The maximum atomic E-state index is 13.0.